The molecule has 0 unspecified atom stereocenters. The minimum atomic E-state index is 0.617. The lowest BCUT2D eigenvalue weighted by Gasteiger charge is -2.17. The van der Waals surface area contributed by atoms with Gasteiger partial charge in [0.15, 0.2) is 0 Å². The number of aryl methyl sites for hydroxylation is 2. The summed E-state index contributed by atoms with van der Waals surface area (Å²) >= 11 is 0. The molecule has 7 rings (SSSR count). The first kappa shape index (κ1) is 24.6. The topological polar surface area (TPSA) is 41.6 Å². The van der Waals surface area contributed by atoms with Crippen molar-refractivity contribution in [1.82, 2.24) is 9.55 Å². The van der Waals surface area contributed by atoms with E-state index in [0.29, 0.717) is 5.56 Å². The molecule has 0 bridgehead atoms. The Morgan fingerprint density at radius 1 is 0.561 bits per heavy atom. The van der Waals surface area contributed by atoms with Gasteiger partial charge in [-0.2, -0.15) is 5.26 Å². The molecule has 0 atom stereocenters. The number of nitriles is 1. The Morgan fingerprint density at radius 2 is 1.10 bits per heavy atom. The zero-order chi connectivity index (χ0) is 27.9. The monoisotopic (exact) mass is 525 g/mol. The van der Waals surface area contributed by atoms with Gasteiger partial charge < -0.3 is 4.57 Å². The van der Waals surface area contributed by atoms with Crippen LogP contribution in [0.15, 0.2) is 128 Å². The highest BCUT2D eigenvalue weighted by molar-refractivity contribution is 6.17. The summed E-state index contributed by atoms with van der Waals surface area (Å²) in [5.74, 6) is 0. The quantitative estimate of drug-likeness (QED) is 0.229. The summed E-state index contributed by atoms with van der Waals surface area (Å²) in [4.78, 5) is 4.20. The second-order valence-electron chi connectivity index (χ2n) is 10.5. The van der Waals surface area contributed by atoms with E-state index >= 15 is 0 Å². The number of hydrogen-bond donors (Lipinski definition) is 0. The van der Waals surface area contributed by atoms with Crippen LogP contribution in [0.4, 0.5) is 0 Å². The molecule has 0 fully saturated rings. The summed E-state index contributed by atoms with van der Waals surface area (Å²) in [6.07, 6.45) is 3.59. The van der Waals surface area contributed by atoms with Crippen molar-refractivity contribution in [2.45, 2.75) is 13.8 Å². The van der Waals surface area contributed by atoms with Gasteiger partial charge in [-0.05, 0) is 77.6 Å². The Morgan fingerprint density at radius 3 is 1.63 bits per heavy atom. The molecule has 0 saturated carbocycles. The van der Waals surface area contributed by atoms with Gasteiger partial charge in [0, 0.05) is 40.0 Å². The Hall–Kier alpha value is -5.46. The van der Waals surface area contributed by atoms with E-state index in [2.05, 4.69) is 120 Å². The predicted molar refractivity (Wildman–Crippen MR) is 169 cm³/mol. The van der Waals surface area contributed by atoms with Crippen molar-refractivity contribution in [1.29, 1.82) is 5.26 Å². The summed E-state index contributed by atoms with van der Waals surface area (Å²) in [6.45, 7) is 4.33. The van der Waals surface area contributed by atoms with E-state index in [-0.39, 0.29) is 0 Å². The molecule has 2 heterocycles. The molecular weight excluding hydrogens is 498 g/mol. The second-order valence-corrected chi connectivity index (χ2v) is 10.5. The molecule has 0 saturated heterocycles. The van der Waals surface area contributed by atoms with Crippen LogP contribution in [-0.4, -0.2) is 9.55 Å². The highest BCUT2D eigenvalue weighted by atomic mass is 15.0. The Kier molecular flexibility index (Phi) is 5.95. The van der Waals surface area contributed by atoms with Gasteiger partial charge in [-0.15, -0.1) is 0 Å². The first-order valence-corrected chi connectivity index (χ1v) is 13.8. The smallest absolute Gasteiger partial charge is 0.0992 e. The van der Waals surface area contributed by atoms with Gasteiger partial charge in [-0.1, -0.05) is 84.9 Å². The zero-order valence-corrected chi connectivity index (χ0v) is 23.0. The largest absolute Gasteiger partial charge is 0.308 e. The average molecular weight is 526 g/mol. The van der Waals surface area contributed by atoms with Gasteiger partial charge in [-0.3, -0.25) is 4.98 Å². The van der Waals surface area contributed by atoms with Crippen LogP contribution in [0.2, 0.25) is 0 Å². The van der Waals surface area contributed by atoms with Crippen LogP contribution in [0.3, 0.4) is 0 Å². The van der Waals surface area contributed by atoms with Crippen molar-refractivity contribution in [3.63, 3.8) is 0 Å². The van der Waals surface area contributed by atoms with Gasteiger partial charge in [-0.25, -0.2) is 0 Å². The van der Waals surface area contributed by atoms with Gasteiger partial charge in [0.25, 0.3) is 0 Å². The normalized spacial score (nSPS) is 11.1. The maximum Gasteiger partial charge on any atom is 0.0992 e. The molecule has 7 aromatic rings. The Labute approximate surface area is 239 Å². The summed E-state index contributed by atoms with van der Waals surface area (Å²) in [7, 11) is 0. The fraction of sp³-hybridized carbons (Fsp3) is 0.0526. The van der Waals surface area contributed by atoms with Crippen molar-refractivity contribution in [3.8, 4) is 45.1 Å². The van der Waals surface area contributed by atoms with Crippen LogP contribution in [0.25, 0.3) is 60.9 Å². The molecule has 0 N–H and O–H groups in total. The van der Waals surface area contributed by atoms with Crippen LogP contribution in [0.5, 0.6) is 0 Å². The molecule has 5 aromatic carbocycles. The van der Waals surface area contributed by atoms with Gasteiger partial charge in [0.2, 0.25) is 0 Å². The lowest BCUT2D eigenvalue weighted by atomic mass is 9.97. The van der Waals surface area contributed by atoms with Crippen LogP contribution in [-0.2, 0) is 0 Å². The fourth-order valence-corrected chi connectivity index (χ4v) is 6.07. The molecule has 41 heavy (non-hydrogen) atoms. The number of pyridine rings is 1. The third kappa shape index (κ3) is 4.09. The predicted octanol–water partition coefficient (Wildman–Crippen LogP) is 9.67. The van der Waals surface area contributed by atoms with Gasteiger partial charge >= 0.3 is 0 Å². The highest BCUT2D eigenvalue weighted by Crippen LogP contribution is 2.43. The third-order valence-corrected chi connectivity index (χ3v) is 8.00. The third-order valence-electron chi connectivity index (χ3n) is 8.00. The average Bonchev–Trinajstić information content (AvgIpc) is 3.37. The first-order chi connectivity index (χ1) is 20.1. The molecule has 0 aliphatic heterocycles. The molecule has 0 aliphatic carbocycles. The van der Waals surface area contributed by atoms with E-state index in [1.807, 2.05) is 24.3 Å². The molecule has 0 spiro atoms. The maximum atomic E-state index is 10.1. The molecule has 0 aliphatic rings. The van der Waals surface area contributed by atoms with E-state index in [1.165, 1.54) is 44.2 Å². The number of hydrogen-bond acceptors (Lipinski definition) is 2. The summed E-state index contributed by atoms with van der Waals surface area (Å²) < 4.78 is 2.37. The van der Waals surface area contributed by atoms with Crippen LogP contribution < -0.4 is 0 Å². The van der Waals surface area contributed by atoms with Gasteiger partial charge in [0.05, 0.1) is 22.7 Å². The second kappa shape index (κ2) is 9.93. The molecule has 0 amide bonds. The molecule has 194 valence electrons. The number of benzene rings is 5. The Balaban J connectivity index is 1.68. The standard InChI is InChI=1S/C38H27N3/c1-25-9-3-5-11-31(25)33-13-7-15-35-36-16-8-14-34(32-12-6-4-10-26(32)2)38(36)41(37(33)35)30-22-27(24-39)21-29(23-30)28-17-19-40-20-18-28/h3-23H,1-2H3. The van der Waals surface area contributed by atoms with E-state index in [4.69, 9.17) is 0 Å². The van der Waals surface area contributed by atoms with E-state index in [0.717, 1.165) is 27.8 Å². The minimum Gasteiger partial charge on any atom is -0.308 e. The molecular formula is C38H27N3. The lowest BCUT2D eigenvalue weighted by molar-refractivity contribution is 1.18. The zero-order valence-electron chi connectivity index (χ0n) is 23.0. The Bertz CT molecular complexity index is 2030. The van der Waals surface area contributed by atoms with Crippen molar-refractivity contribution < 1.29 is 0 Å². The van der Waals surface area contributed by atoms with Crippen LogP contribution >= 0.6 is 0 Å². The van der Waals surface area contributed by atoms with Crippen molar-refractivity contribution in [2.75, 3.05) is 0 Å². The number of para-hydroxylation sites is 2. The summed E-state index contributed by atoms with van der Waals surface area (Å²) in [5, 5.41) is 12.5. The van der Waals surface area contributed by atoms with Crippen molar-refractivity contribution in [2.24, 2.45) is 0 Å². The number of nitrogens with zero attached hydrogens (tertiary/aromatic N) is 3. The summed E-state index contributed by atoms with van der Waals surface area (Å²) in [5.41, 5.74) is 13.0. The van der Waals surface area contributed by atoms with E-state index in [1.54, 1.807) is 12.4 Å². The lowest BCUT2D eigenvalue weighted by Crippen LogP contribution is -1.99. The highest BCUT2D eigenvalue weighted by Gasteiger charge is 2.21. The van der Waals surface area contributed by atoms with Crippen molar-refractivity contribution in [3.05, 3.63) is 144 Å². The molecule has 3 nitrogen and oxygen atoms in total. The number of aromatic nitrogens is 2. The van der Waals surface area contributed by atoms with Crippen molar-refractivity contribution >= 4 is 21.8 Å². The van der Waals surface area contributed by atoms with Gasteiger partial charge in [0.1, 0.15) is 0 Å². The summed E-state index contributed by atoms with van der Waals surface area (Å²) in [6, 6.07) is 42.8. The first-order valence-electron chi connectivity index (χ1n) is 13.8. The minimum absolute atomic E-state index is 0.617. The maximum absolute atomic E-state index is 10.1. The number of fused-ring (bicyclic) bond motifs is 3. The van der Waals surface area contributed by atoms with Crippen LogP contribution in [0, 0.1) is 25.2 Å². The van der Waals surface area contributed by atoms with E-state index in [9.17, 15) is 5.26 Å². The SMILES string of the molecule is Cc1ccccc1-c1cccc2c3cccc(-c4ccccc4C)c3n(-c3cc(C#N)cc(-c4ccncc4)c3)c12. The number of rotatable bonds is 4. The fourth-order valence-electron chi connectivity index (χ4n) is 6.07. The van der Waals surface area contributed by atoms with E-state index < -0.39 is 0 Å². The van der Waals surface area contributed by atoms with Crippen LogP contribution in [0.1, 0.15) is 16.7 Å². The molecule has 0 radical (unpaired) electrons. The molecule has 2 aromatic heterocycles. The molecule has 3 heteroatoms.